The molecule has 0 saturated heterocycles. The van der Waals surface area contributed by atoms with E-state index in [9.17, 15) is 9.59 Å². The molecule has 1 aliphatic rings. The summed E-state index contributed by atoms with van der Waals surface area (Å²) in [4.78, 5) is 31.7. The molecule has 1 amide bonds. The van der Waals surface area contributed by atoms with Gasteiger partial charge in [-0.1, -0.05) is 18.2 Å². The van der Waals surface area contributed by atoms with Crippen LogP contribution in [-0.4, -0.2) is 58.8 Å². The number of nitrogens with zero attached hydrogens (tertiary/aromatic N) is 4. The van der Waals surface area contributed by atoms with Crippen LogP contribution in [0.2, 0.25) is 0 Å². The van der Waals surface area contributed by atoms with Crippen LogP contribution in [0.5, 0.6) is 0 Å². The first-order chi connectivity index (χ1) is 17.0. The molecule has 182 valence electrons. The average Bonchev–Trinajstić information content (AvgIpc) is 3.32. The molecule has 35 heavy (non-hydrogen) atoms. The number of carbonyl (C=O) groups is 1. The van der Waals surface area contributed by atoms with Crippen LogP contribution in [0.15, 0.2) is 53.6 Å². The molecular weight excluding hydrogens is 444 g/mol. The molecule has 0 spiro atoms. The van der Waals surface area contributed by atoms with Gasteiger partial charge in [-0.05, 0) is 37.8 Å². The Morgan fingerprint density at radius 2 is 1.97 bits per heavy atom. The number of anilines is 1. The van der Waals surface area contributed by atoms with Crippen LogP contribution >= 0.6 is 0 Å². The van der Waals surface area contributed by atoms with Gasteiger partial charge in [-0.2, -0.15) is 5.10 Å². The predicted octanol–water partition coefficient (Wildman–Crippen LogP) is 3.11. The van der Waals surface area contributed by atoms with Crippen molar-refractivity contribution in [2.75, 3.05) is 32.2 Å². The van der Waals surface area contributed by atoms with Crippen LogP contribution in [0, 0.1) is 0 Å². The monoisotopic (exact) mass is 474 g/mol. The van der Waals surface area contributed by atoms with E-state index < -0.39 is 0 Å². The molecule has 1 aliphatic carbocycles. The zero-order valence-electron chi connectivity index (χ0n) is 20.0. The first-order valence-electron chi connectivity index (χ1n) is 12.0. The fraction of sp³-hybridized carbons (Fsp3) is 0.385. The van der Waals surface area contributed by atoms with E-state index in [0.717, 1.165) is 54.6 Å². The van der Waals surface area contributed by atoms with Crippen molar-refractivity contribution in [1.82, 2.24) is 24.9 Å². The summed E-state index contributed by atoms with van der Waals surface area (Å²) in [6.45, 7) is 1.41. The molecule has 1 saturated carbocycles. The molecule has 0 aliphatic heterocycles. The highest BCUT2D eigenvalue weighted by atomic mass is 16.5. The molecule has 0 bridgehead atoms. The van der Waals surface area contributed by atoms with Crippen molar-refractivity contribution in [3.05, 3.63) is 70.5 Å². The molecule has 0 radical (unpaired) electrons. The van der Waals surface area contributed by atoms with E-state index in [4.69, 9.17) is 4.74 Å². The second kappa shape index (κ2) is 9.87. The summed E-state index contributed by atoms with van der Waals surface area (Å²) >= 11 is 0. The Hall–Kier alpha value is -3.72. The lowest BCUT2D eigenvalue weighted by molar-refractivity contribution is 0.0919. The highest BCUT2D eigenvalue weighted by Crippen LogP contribution is 2.34. The predicted molar refractivity (Wildman–Crippen MR) is 135 cm³/mol. The number of ether oxygens (including phenoxy) is 1. The maximum atomic E-state index is 13.1. The van der Waals surface area contributed by atoms with Gasteiger partial charge < -0.3 is 15.0 Å². The third kappa shape index (κ3) is 4.64. The van der Waals surface area contributed by atoms with E-state index in [-0.39, 0.29) is 23.4 Å². The quantitative estimate of drug-likeness (QED) is 0.427. The normalized spacial score (nSPS) is 18.1. The number of hydrogen-bond acceptors (Lipinski definition) is 6. The number of carbonyl (C=O) groups excluding carboxylic acids is 1. The topological polar surface area (TPSA) is 105 Å². The Morgan fingerprint density at radius 1 is 1.20 bits per heavy atom. The molecule has 9 nitrogen and oxygen atoms in total. The highest BCUT2D eigenvalue weighted by molar-refractivity contribution is 5.93. The van der Waals surface area contributed by atoms with Gasteiger partial charge in [0.2, 0.25) is 0 Å². The van der Waals surface area contributed by atoms with Crippen molar-refractivity contribution in [1.29, 1.82) is 0 Å². The number of fused-ring (bicyclic) bond motifs is 2. The molecule has 1 fully saturated rings. The number of imidazole rings is 1. The van der Waals surface area contributed by atoms with E-state index in [2.05, 4.69) is 25.4 Å². The molecular formula is C26H30N6O3. The minimum atomic E-state index is -0.160. The van der Waals surface area contributed by atoms with E-state index in [1.165, 1.54) is 0 Å². The second-order valence-corrected chi connectivity index (χ2v) is 9.18. The number of aromatic amines is 1. The second-order valence-electron chi connectivity index (χ2n) is 9.18. The summed E-state index contributed by atoms with van der Waals surface area (Å²) in [6, 6.07) is 11.7. The van der Waals surface area contributed by atoms with Gasteiger partial charge in [0.05, 0.1) is 23.9 Å². The first-order valence-corrected chi connectivity index (χ1v) is 12.0. The van der Waals surface area contributed by atoms with E-state index in [0.29, 0.717) is 17.7 Å². The number of amides is 1. The van der Waals surface area contributed by atoms with Gasteiger partial charge >= 0.3 is 0 Å². The van der Waals surface area contributed by atoms with Crippen LogP contribution in [0.25, 0.3) is 16.4 Å². The number of H-pyrrole nitrogens is 1. The van der Waals surface area contributed by atoms with E-state index >= 15 is 0 Å². The van der Waals surface area contributed by atoms with Gasteiger partial charge in [0.25, 0.3) is 11.5 Å². The molecule has 4 aromatic rings. The largest absolute Gasteiger partial charge is 0.383 e. The van der Waals surface area contributed by atoms with Gasteiger partial charge in [0.1, 0.15) is 11.3 Å². The number of methoxy groups -OCH3 is 1. The molecule has 3 heterocycles. The number of pyridine rings is 1. The number of likely N-dealkylation sites (N-methyl/N-ethyl adjacent to an activating group) is 1. The third-order valence-electron chi connectivity index (χ3n) is 6.98. The van der Waals surface area contributed by atoms with Gasteiger partial charge in [0, 0.05) is 56.0 Å². The van der Waals surface area contributed by atoms with Crippen molar-refractivity contribution in [3.8, 4) is 0 Å². The van der Waals surface area contributed by atoms with Crippen molar-refractivity contribution in [2.45, 2.75) is 37.6 Å². The van der Waals surface area contributed by atoms with Gasteiger partial charge in [-0.15, -0.1) is 0 Å². The standard InChI is InChI=1S/C26H30N6O3/c1-31(13-14-35-2)19-11-12-32-22(16-27-23(32)15-19)26(34)28-18-9-7-17(8-10-18)24-20-5-3-4-6-21(20)25(33)30-29-24/h3-6,11-12,15-18H,7-10,13-14H2,1-2H3,(H,28,34)(H,30,33). The van der Waals surface area contributed by atoms with Crippen LogP contribution < -0.4 is 15.8 Å². The van der Waals surface area contributed by atoms with Crippen molar-refractivity contribution < 1.29 is 9.53 Å². The Labute approximate surface area is 203 Å². The first kappa shape index (κ1) is 23.0. The molecule has 9 heteroatoms. The third-order valence-corrected chi connectivity index (χ3v) is 6.98. The lowest BCUT2D eigenvalue weighted by Gasteiger charge is -2.29. The van der Waals surface area contributed by atoms with Crippen LogP contribution in [0.4, 0.5) is 5.69 Å². The van der Waals surface area contributed by atoms with Crippen LogP contribution in [0.1, 0.15) is 47.8 Å². The van der Waals surface area contributed by atoms with Crippen molar-refractivity contribution in [3.63, 3.8) is 0 Å². The molecule has 0 unspecified atom stereocenters. The smallest absolute Gasteiger partial charge is 0.272 e. The SMILES string of the molecule is COCCN(C)c1ccn2c(C(=O)NC3CCC(c4n[nH]c(=O)c5ccccc45)CC3)cnc2c1. The summed E-state index contributed by atoms with van der Waals surface area (Å²) in [5.74, 6) is 0.142. The lowest BCUT2D eigenvalue weighted by atomic mass is 9.82. The number of rotatable bonds is 7. The fourth-order valence-electron chi connectivity index (χ4n) is 4.95. The molecule has 0 atom stereocenters. The number of aromatic nitrogens is 4. The Bertz CT molecular complexity index is 1400. The fourth-order valence-corrected chi connectivity index (χ4v) is 4.95. The Kier molecular flexibility index (Phi) is 6.50. The molecule has 5 rings (SSSR count). The molecule has 2 N–H and O–H groups in total. The lowest BCUT2D eigenvalue weighted by Crippen LogP contribution is -2.38. The number of nitrogens with one attached hydrogen (secondary N) is 2. The zero-order chi connectivity index (χ0) is 24.4. The summed E-state index contributed by atoms with van der Waals surface area (Å²) in [6.07, 6.45) is 7.04. The summed E-state index contributed by atoms with van der Waals surface area (Å²) in [5.41, 5.74) is 3.07. The number of hydrogen-bond donors (Lipinski definition) is 2. The van der Waals surface area contributed by atoms with E-state index in [1.54, 1.807) is 13.3 Å². The zero-order valence-corrected chi connectivity index (χ0v) is 20.0. The number of benzene rings is 1. The summed E-state index contributed by atoms with van der Waals surface area (Å²) < 4.78 is 6.98. The van der Waals surface area contributed by atoms with Crippen molar-refractivity contribution in [2.24, 2.45) is 0 Å². The van der Waals surface area contributed by atoms with Gasteiger partial charge in [-0.3, -0.25) is 14.0 Å². The molecule has 1 aromatic carbocycles. The summed E-state index contributed by atoms with van der Waals surface area (Å²) in [5, 5.41) is 11.8. The minimum absolute atomic E-state index is 0.0952. The summed E-state index contributed by atoms with van der Waals surface area (Å²) in [7, 11) is 3.69. The van der Waals surface area contributed by atoms with E-state index in [1.807, 2.05) is 54.0 Å². The van der Waals surface area contributed by atoms with Gasteiger partial charge in [0.15, 0.2) is 0 Å². The highest BCUT2D eigenvalue weighted by Gasteiger charge is 2.27. The van der Waals surface area contributed by atoms with Crippen molar-refractivity contribution >= 4 is 28.0 Å². The maximum absolute atomic E-state index is 13.1. The maximum Gasteiger partial charge on any atom is 0.272 e. The Balaban J connectivity index is 1.24. The Morgan fingerprint density at radius 3 is 2.74 bits per heavy atom. The van der Waals surface area contributed by atoms with Crippen LogP contribution in [-0.2, 0) is 4.74 Å². The minimum Gasteiger partial charge on any atom is -0.383 e. The average molecular weight is 475 g/mol. The van der Waals surface area contributed by atoms with Gasteiger partial charge in [-0.25, -0.2) is 10.1 Å². The van der Waals surface area contributed by atoms with Crippen LogP contribution in [0.3, 0.4) is 0 Å². The molecule has 3 aromatic heterocycles.